The molecule has 1 unspecified atom stereocenters. The molecule has 2 heteroatoms. The van der Waals surface area contributed by atoms with Crippen molar-refractivity contribution in [2.75, 3.05) is 0 Å². The molecule has 0 amide bonds. The number of benzene rings is 1. The van der Waals surface area contributed by atoms with Gasteiger partial charge in [-0.3, -0.25) is 4.79 Å². The van der Waals surface area contributed by atoms with Crippen LogP contribution in [0.25, 0.3) is 0 Å². The van der Waals surface area contributed by atoms with E-state index in [4.69, 9.17) is 0 Å². The van der Waals surface area contributed by atoms with Crippen LogP contribution in [0.5, 0.6) is 0 Å². The molecule has 3 atom stereocenters. The number of unbranched alkanes of at least 4 members (excludes halogenated alkanes) is 4. The fourth-order valence-electron chi connectivity index (χ4n) is 4.76. The van der Waals surface area contributed by atoms with E-state index < -0.39 is 0 Å². The Hall–Kier alpha value is -1.02. The molecule has 0 spiro atoms. The van der Waals surface area contributed by atoms with Gasteiger partial charge in [-0.1, -0.05) is 62.2 Å². The summed E-state index contributed by atoms with van der Waals surface area (Å²) in [6, 6.07) is 6.56. The standard InChI is InChI=1S/C23H32OS/c1-3-4-5-6-7-8-10-18-13-14-20-16-22-19(15-21(18)20)11-9-12-23(22)25-17(2)24/h8-12,18,20-21H,3-7,13-16H2,1-2H3/b10-8+/t18?,20-,21-/m1/s1. The summed E-state index contributed by atoms with van der Waals surface area (Å²) in [7, 11) is 0. The Balaban J connectivity index is 1.62. The van der Waals surface area contributed by atoms with Crippen molar-refractivity contribution in [1.82, 2.24) is 0 Å². The monoisotopic (exact) mass is 356 g/mol. The number of hydrogen-bond acceptors (Lipinski definition) is 2. The normalized spacial score (nSPS) is 25.1. The lowest BCUT2D eigenvalue weighted by Gasteiger charge is -2.31. The molecule has 0 aromatic heterocycles. The second kappa shape index (κ2) is 9.07. The quantitative estimate of drug-likeness (QED) is 0.311. The van der Waals surface area contributed by atoms with Gasteiger partial charge in [0, 0.05) is 11.8 Å². The molecule has 25 heavy (non-hydrogen) atoms. The molecule has 1 fully saturated rings. The van der Waals surface area contributed by atoms with Crippen molar-refractivity contribution < 1.29 is 4.79 Å². The van der Waals surface area contributed by atoms with Gasteiger partial charge in [0.15, 0.2) is 5.12 Å². The summed E-state index contributed by atoms with van der Waals surface area (Å²) in [6.07, 6.45) is 16.8. The van der Waals surface area contributed by atoms with Gasteiger partial charge in [0.05, 0.1) is 0 Å². The molecule has 1 aromatic carbocycles. The smallest absolute Gasteiger partial charge is 0.190 e. The highest BCUT2D eigenvalue weighted by molar-refractivity contribution is 8.13. The zero-order valence-corrected chi connectivity index (χ0v) is 16.6. The first-order chi connectivity index (χ1) is 12.2. The first kappa shape index (κ1) is 18.8. The minimum absolute atomic E-state index is 0.200. The van der Waals surface area contributed by atoms with Crippen LogP contribution in [0.2, 0.25) is 0 Å². The molecule has 0 N–H and O–H groups in total. The topological polar surface area (TPSA) is 17.1 Å². The van der Waals surface area contributed by atoms with Crippen LogP contribution in [0.3, 0.4) is 0 Å². The maximum absolute atomic E-state index is 11.5. The van der Waals surface area contributed by atoms with Crippen molar-refractivity contribution in [3.05, 3.63) is 41.5 Å². The SMILES string of the molecule is CCCCCC/C=C/C1CC[C@@H]2Cc3c(cccc3SC(C)=O)C[C@H]12. The lowest BCUT2D eigenvalue weighted by molar-refractivity contribution is -0.109. The van der Waals surface area contributed by atoms with E-state index in [1.54, 1.807) is 6.92 Å². The van der Waals surface area contributed by atoms with Crippen LogP contribution in [0, 0.1) is 17.8 Å². The Kier molecular flexibility index (Phi) is 6.81. The Bertz CT molecular complexity index is 619. The van der Waals surface area contributed by atoms with E-state index in [9.17, 15) is 4.79 Å². The van der Waals surface area contributed by atoms with Gasteiger partial charge >= 0.3 is 0 Å². The molecule has 2 aliphatic carbocycles. The van der Waals surface area contributed by atoms with Crippen molar-refractivity contribution in [2.45, 2.75) is 76.5 Å². The maximum atomic E-state index is 11.5. The molecule has 0 heterocycles. The number of thioether (sulfide) groups is 1. The van der Waals surface area contributed by atoms with Crippen LogP contribution in [0.15, 0.2) is 35.2 Å². The first-order valence-electron chi connectivity index (χ1n) is 10.1. The Morgan fingerprint density at radius 3 is 2.88 bits per heavy atom. The fourth-order valence-corrected chi connectivity index (χ4v) is 5.55. The molecule has 1 saturated carbocycles. The summed E-state index contributed by atoms with van der Waals surface area (Å²) in [5.74, 6) is 2.40. The highest BCUT2D eigenvalue weighted by atomic mass is 32.2. The van der Waals surface area contributed by atoms with Crippen molar-refractivity contribution >= 4 is 16.9 Å². The van der Waals surface area contributed by atoms with E-state index in [1.165, 1.54) is 85.6 Å². The van der Waals surface area contributed by atoms with Crippen molar-refractivity contribution in [2.24, 2.45) is 17.8 Å². The number of hydrogen-bond donors (Lipinski definition) is 0. The zero-order chi connectivity index (χ0) is 17.6. The highest BCUT2D eigenvalue weighted by Crippen LogP contribution is 2.47. The molecule has 0 bridgehead atoms. The molecule has 136 valence electrons. The molecule has 0 radical (unpaired) electrons. The Labute approximate surface area is 157 Å². The van der Waals surface area contributed by atoms with E-state index >= 15 is 0 Å². The zero-order valence-electron chi connectivity index (χ0n) is 15.8. The van der Waals surface area contributed by atoms with Crippen LogP contribution < -0.4 is 0 Å². The summed E-state index contributed by atoms with van der Waals surface area (Å²) in [5, 5.41) is 0.200. The predicted molar refractivity (Wildman–Crippen MR) is 108 cm³/mol. The predicted octanol–water partition coefficient (Wildman–Crippen LogP) is 6.59. The van der Waals surface area contributed by atoms with Crippen molar-refractivity contribution in [3.8, 4) is 0 Å². The molecular weight excluding hydrogens is 324 g/mol. The van der Waals surface area contributed by atoms with E-state index in [0.717, 1.165) is 17.8 Å². The minimum atomic E-state index is 0.200. The molecule has 1 nitrogen and oxygen atoms in total. The number of rotatable bonds is 7. The van der Waals surface area contributed by atoms with E-state index in [0.29, 0.717) is 0 Å². The third kappa shape index (κ3) is 4.78. The molecule has 0 aliphatic heterocycles. The van der Waals surface area contributed by atoms with Crippen LogP contribution in [-0.2, 0) is 17.6 Å². The van der Waals surface area contributed by atoms with Crippen molar-refractivity contribution in [1.29, 1.82) is 0 Å². The molecule has 1 aromatic rings. The molecule has 0 saturated heterocycles. The first-order valence-corrected chi connectivity index (χ1v) is 11.0. The van der Waals surface area contributed by atoms with Gasteiger partial charge < -0.3 is 0 Å². The van der Waals surface area contributed by atoms with Gasteiger partial charge in [0.1, 0.15) is 0 Å². The van der Waals surface area contributed by atoms with E-state index in [1.807, 2.05) is 0 Å². The van der Waals surface area contributed by atoms with Crippen LogP contribution >= 0.6 is 11.8 Å². The Morgan fingerprint density at radius 2 is 2.08 bits per heavy atom. The van der Waals surface area contributed by atoms with Crippen molar-refractivity contribution in [3.63, 3.8) is 0 Å². The van der Waals surface area contributed by atoms with Gasteiger partial charge in [-0.25, -0.2) is 0 Å². The number of allylic oxidation sites excluding steroid dienone is 2. The lowest BCUT2D eigenvalue weighted by atomic mass is 9.75. The van der Waals surface area contributed by atoms with Gasteiger partial charge in [-0.15, -0.1) is 0 Å². The average molecular weight is 357 g/mol. The maximum Gasteiger partial charge on any atom is 0.190 e. The summed E-state index contributed by atoms with van der Waals surface area (Å²) >= 11 is 1.42. The summed E-state index contributed by atoms with van der Waals surface area (Å²) < 4.78 is 0. The summed E-state index contributed by atoms with van der Waals surface area (Å²) in [5.41, 5.74) is 2.96. The van der Waals surface area contributed by atoms with Gasteiger partial charge in [0.2, 0.25) is 0 Å². The largest absolute Gasteiger partial charge is 0.287 e. The minimum Gasteiger partial charge on any atom is -0.287 e. The Morgan fingerprint density at radius 1 is 1.20 bits per heavy atom. The fraction of sp³-hybridized carbons (Fsp3) is 0.609. The van der Waals surface area contributed by atoms with Crippen LogP contribution in [-0.4, -0.2) is 5.12 Å². The van der Waals surface area contributed by atoms with Gasteiger partial charge in [-0.2, -0.15) is 0 Å². The molecule has 2 aliphatic rings. The van der Waals surface area contributed by atoms with E-state index in [-0.39, 0.29) is 5.12 Å². The van der Waals surface area contributed by atoms with Crippen LogP contribution in [0.4, 0.5) is 0 Å². The second-order valence-electron chi connectivity index (χ2n) is 7.84. The third-order valence-corrected chi connectivity index (χ3v) is 6.93. The molecular formula is C23H32OS. The van der Waals surface area contributed by atoms with Gasteiger partial charge in [-0.05, 0) is 73.5 Å². The highest BCUT2D eigenvalue weighted by Gasteiger charge is 2.38. The summed E-state index contributed by atoms with van der Waals surface area (Å²) in [6.45, 7) is 3.95. The average Bonchev–Trinajstić information content (AvgIpc) is 2.98. The lowest BCUT2D eigenvalue weighted by Crippen LogP contribution is -2.25. The number of carbonyl (C=O) groups is 1. The third-order valence-electron chi connectivity index (χ3n) is 6.04. The number of fused-ring (bicyclic) bond motifs is 2. The van der Waals surface area contributed by atoms with E-state index in [2.05, 4.69) is 37.3 Å². The second-order valence-corrected chi connectivity index (χ2v) is 9.06. The van der Waals surface area contributed by atoms with Gasteiger partial charge in [0.25, 0.3) is 0 Å². The number of carbonyl (C=O) groups excluding carboxylic acids is 1. The van der Waals surface area contributed by atoms with Crippen LogP contribution in [0.1, 0.15) is 69.9 Å². The molecule has 3 rings (SSSR count). The summed E-state index contributed by atoms with van der Waals surface area (Å²) in [4.78, 5) is 12.8.